The number of carbonyl (C=O) groups is 1. The molecule has 0 heterocycles. The highest BCUT2D eigenvalue weighted by Crippen LogP contribution is 2.13. The van der Waals surface area contributed by atoms with Crippen molar-refractivity contribution in [1.82, 2.24) is 5.48 Å². The van der Waals surface area contributed by atoms with E-state index in [2.05, 4.69) is 10.3 Å². The van der Waals surface area contributed by atoms with Crippen molar-refractivity contribution in [2.45, 2.75) is 13.0 Å². The molecule has 0 amide bonds. The Morgan fingerprint density at radius 3 is 2.17 bits per heavy atom. The van der Waals surface area contributed by atoms with Crippen molar-refractivity contribution in [3.05, 3.63) is 0 Å². The molecule has 0 spiro atoms. The SMILES string of the molecule is CC[Si](OC)(OC)C(=O)ONC. The van der Waals surface area contributed by atoms with Crippen molar-refractivity contribution >= 4 is 14.2 Å². The molecule has 0 bridgehead atoms. The minimum Gasteiger partial charge on any atom is -0.390 e. The Morgan fingerprint density at radius 1 is 1.42 bits per heavy atom. The number of carbonyl (C=O) groups excluding carboxylic acids is 1. The van der Waals surface area contributed by atoms with Crippen LogP contribution >= 0.6 is 0 Å². The molecule has 72 valence electrons. The fourth-order valence-electron chi connectivity index (χ4n) is 0.853. The maximum absolute atomic E-state index is 11.3. The maximum atomic E-state index is 11.3. The summed E-state index contributed by atoms with van der Waals surface area (Å²) in [5.41, 5.74) is 1.85. The third-order valence-corrected chi connectivity index (χ3v) is 4.60. The van der Waals surface area contributed by atoms with Gasteiger partial charge in [0, 0.05) is 21.3 Å². The van der Waals surface area contributed by atoms with E-state index in [9.17, 15) is 4.79 Å². The van der Waals surface area contributed by atoms with E-state index in [4.69, 9.17) is 8.85 Å². The number of nitrogens with one attached hydrogen (secondary N) is 1. The zero-order valence-electron chi connectivity index (χ0n) is 7.84. The van der Waals surface area contributed by atoms with Gasteiger partial charge in [0.05, 0.1) is 0 Å². The highest BCUT2D eigenvalue weighted by atomic mass is 28.4. The third kappa shape index (κ3) is 2.28. The molecule has 1 N–H and O–H groups in total. The van der Waals surface area contributed by atoms with Crippen molar-refractivity contribution in [2.24, 2.45) is 0 Å². The van der Waals surface area contributed by atoms with E-state index in [-0.39, 0.29) is 0 Å². The van der Waals surface area contributed by atoms with Crippen molar-refractivity contribution in [3.63, 3.8) is 0 Å². The highest BCUT2D eigenvalue weighted by Gasteiger charge is 2.45. The van der Waals surface area contributed by atoms with Gasteiger partial charge in [0.1, 0.15) is 0 Å². The lowest BCUT2D eigenvalue weighted by molar-refractivity contribution is 0.107. The molecular formula is C6H15NO4Si. The predicted molar refractivity (Wildman–Crippen MR) is 45.8 cm³/mol. The summed E-state index contributed by atoms with van der Waals surface area (Å²) in [6.07, 6.45) is 0. The van der Waals surface area contributed by atoms with Crippen molar-refractivity contribution in [3.8, 4) is 0 Å². The average molecular weight is 193 g/mol. The fourth-order valence-corrected chi connectivity index (χ4v) is 2.48. The molecule has 0 aromatic carbocycles. The van der Waals surface area contributed by atoms with Crippen LogP contribution in [0.3, 0.4) is 0 Å². The van der Waals surface area contributed by atoms with Crippen LogP contribution < -0.4 is 5.48 Å². The molecule has 0 saturated heterocycles. The van der Waals surface area contributed by atoms with Crippen molar-refractivity contribution in [1.29, 1.82) is 0 Å². The van der Waals surface area contributed by atoms with Crippen LogP contribution in [0.15, 0.2) is 0 Å². The van der Waals surface area contributed by atoms with Gasteiger partial charge in [-0.1, -0.05) is 6.92 Å². The van der Waals surface area contributed by atoms with Crippen LogP contribution in [0.1, 0.15) is 6.92 Å². The van der Waals surface area contributed by atoms with Crippen molar-refractivity contribution < 1.29 is 18.5 Å². The summed E-state index contributed by atoms with van der Waals surface area (Å²) < 4.78 is 10.1. The lowest BCUT2D eigenvalue weighted by Crippen LogP contribution is -2.50. The minimum absolute atomic E-state index is 0.447. The molecule has 0 radical (unpaired) electrons. The third-order valence-electron chi connectivity index (χ3n) is 1.63. The number of hydrogen-bond donors (Lipinski definition) is 1. The number of rotatable bonds is 5. The molecular weight excluding hydrogens is 178 g/mol. The fraction of sp³-hybridized carbons (Fsp3) is 0.833. The van der Waals surface area contributed by atoms with Crippen LogP contribution in [0.5, 0.6) is 0 Å². The van der Waals surface area contributed by atoms with Gasteiger partial charge in [0.15, 0.2) is 0 Å². The Kier molecular flexibility index (Phi) is 5.06. The van der Waals surface area contributed by atoms with E-state index < -0.39 is 14.2 Å². The first-order chi connectivity index (χ1) is 5.66. The zero-order valence-corrected chi connectivity index (χ0v) is 8.84. The van der Waals surface area contributed by atoms with Gasteiger partial charge in [0.2, 0.25) is 0 Å². The molecule has 0 unspecified atom stereocenters. The summed E-state index contributed by atoms with van der Waals surface area (Å²) in [6.45, 7) is 1.83. The van der Waals surface area contributed by atoms with E-state index in [0.717, 1.165) is 0 Å². The summed E-state index contributed by atoms with van der Waals surface area (Å²) in [7, 11) is 1.66. The topological polar surface area (TPSA) is 56.8 Å². The Balaban J connectivity index is 4.36. The van der Waals surface area contributed by atoms with Crippen LogP contribution in [0.4, 0.5) is 4.79 Å². The van der Waals surface area contributed by atoms with Gasteiger partial charge >= 0.3 is 14.2 Å². The smallest absolute Gasteiger partial charge is 0.390 e. The van der Waals surface area contributed by atoms with Gasteiger partial charge in [-0.3, -0.25) is 4.79 Å². The van der Waals surface area contributed by atoms with E-state index in [1.54, 1.807) is 0 Å². The minimum atomic E-state index is -2.77. The van der Waals surface area contributed by atoms with Gasteiger partial charge in [0.25, 0.3) is 0 Å². The molecule has 0 saturated carbocycles. The number of hydrogen-bond acceptors (Lipinski definition) is 5. The quantitative estimate of drug-likeness (QED) is 0.511. The molecule has 0 aromatic rings. The molecule has 0 aromatic heterocycles. The first-order valence-corrected chi connectivity index (χ1v) is 5.67. The monoisotopic (exact) mass is 193 g/mol. The molecule has 6 heteroatoms. The molecule has 0 fully saturated rings. The summed E-state index contributed by atoms with van der Waals surface area (Å²) in [5.74, 6) is 0. The molecule has 0 rings (SSSR count). The Bertz CT molecular complexity index is 140. The second kappa shape index (κ2) is 5.25. The van der Waals surface area contributed by atoms with E-state index >= 15 is 0 Å². The van der Waals surface area contributed by atoms with Crippen LogP contribution in [0.2, 0.25) is 6.04 Å². The van der Waals surface area contributed by atoms with Gasteiger partial charge in [-0.25, -0.2) is 0 Å². The summed E-state index contributed by atoms with van der Waals surface area (Å²) in [5, 5.41) is 0. The van der Waals surface area contributed by atoms with Crippen LogP contribution in [0.25, 0.3) is 0 Å². The summed E-state index contributed by atoms with van der Waals surface area (Å²) >= 11 is 0. The Labute approximate surface area is 73.2 Å². The largest absolute Gasteiger partial charge is 0.464 e. The zero-order chi connectivity index (χ0) is 9.61. The molecule has 12 heavy (non-hydrogen) atoms. The second-order valence-corrected chi connectivity index (χ2v) is 5.55. The predicted octanol–water partition coefficient (Wildman–Crippen LogP) is 0.594. The van der Waals surface area contributed by atoms with Gasteiger partial charge in [-0.2, -0.15) is 5.48 Å². The van der Waals surface area contributed by atoms with Crippen LogP contribution in [-0.4, -0.2) is 35.4 Å². The Hall–Kier alpha value is -0.433. The van der Waals surface area contributed by atoms with E-state index in [0.29, 0.717) is 6.04 Å². The average Bonchev–Trinajstić information content (AvgIpc) is 2.09. The molecule has 0 atom stereocenters. The van der Waals surface area contributed by atoms with Gasteiger partial charge in [-0.05, 0) is 6.04 Å². The second-order valence-electron chi connectivity index (χ2n) is 2.11. The first-order valence-electron chi connectivity index (χ1n) is 3.65. The standard InChI is InChI=1S/C6H15NO4Si/c1-5-12(9-3,10-4)6(8)11-7-2/h7H,5H2,1-4H3. The Morgan fingerprint density at radius 2 is 1.92 bits per heavy atom. The van der Waals surface area contributed by atoms with E-state index in [1.165, 1.54) is 21.3 Å². The number of hydroxylamine groups is 1. The van der Waals surface area contributed by atoms with Gasteiger partial charge in [-0.15, -0.1) is 0 Å². The summed E-state index contributed by atoms with van der Waals surface area (Å²) in [6, 6.07) is 0.528. The normalized spacial score (nSPS) is 11.3. The lowest BCUT2D eigenvalue weighted by Gasteiger charge is -2.22. The highest BCUT2D eigenvalue weighted by molar-refractivity contribution is 6.95. The van der Waals surface area contributed by atoms with Crippen LogP contribution in [0, 0.1) is 0 Å². The first kappa shape index (κ1) is 11.6. The maximum Gasteiger partial charge on any atom is 0.464 e. The van der Waals surface area contributed by atoms with Crippen LogP contribution in [-0.2, 0) is 13.7 Å². The molecule has 0 aliphatic carbocycles. The van der Waals surface area contributed by atoms with Gasteiger partial charge < -0.3 is 13.7 Å². The van der Waals surface area contributed by atoms with E-state index in [1.807, 2.05) is 6.92 Å². The molecule has 5 nitrogen and oxygen atoms in total. The summed E-state index contributed by atoms with van der Waals surface area (Å²) in [4.78, 5) is 15.9. The molecule has 0 aliphatic rings. The van der Waals surface area contributed by atoms with Crippen molar-refractivity contribution in [2.75, 3.05) is 21.3 Å². The lowest BCUT2D eigenvalue weighted by atomic mass is 11.0. The molecule has 0 aliphatic heterocycles.